The van der Waals surface area contributed by atoms with E-state index < -0.39 is 18.4 Å². The summed E-state index contributed by atoms with van der Waals surface area (Å²) >= 11 is 0. The van der Waals surface area contributed by atoms with Crippen LogP contribution in [-0.2, 0) is 4.79 Å². The Labute approximate surface area is 88.1 Å². The van der Waals surface area contributed by atoms with E-state index in [4.69, 9.17) is 5.11 Å². The molecule has 2 unspecified atom stereocenters. The summed E-state index contributed by atoms with van der Waals surface area (Å²) in [6, 6.07) is -0.338. The van der Waals surface area contributed by atoms with Crippen molar-refractivity contribution in [3.63, 3.8) is 0 Å². The molecule has 0 amide bonds. The molecule has 1 fully saturated rings. The number of carbonyl (C=O) groups excluding carboxylic acids is 1. The zero-order chi connectivity index (χ0) is 11.6. The lowest BCUT2D eigenvalue weighted by molar-refractivity contribution is -0.137. The fourth-order valence-corrected chi connectivity index (χ4v) is 1.80. The Balaban J connectivity index is 2.65. The van der Waals surface area contributed by atoms with Gasteiger partial charge >= 0.3 is 0 Å². The smallest absolute Gasteiger partial charge is 0.255 e. The zero-order valence-electron chi connectivity index (χ0n) is 9.04. The van der Waals surface area contributed by atoms with E-state index in [0.29, 0.717) is 0 Å². The Morgan fingerprint density at radius 1 is 1.67 bits per heavy atom. The van der Waals surface area contributed by atoms with Crippen LogP contribution in [0.3, 0.4) is 0 Å². The standard InChI is InChI=1S/C10H17F2NO2/c1-7(8(2)15)13-4-3-10(11,12)9(5-13)6-14/h7,9,14H,3-6H2,1-2H3. The van der Waals surface area contributed by atoms with Crippen molar-refractivity contribution in [3.05, 3.63) is 0 Å². The van der Waals surface area contributed by atoms with Gasteiger partial charge in [-0.15, -0.1) is 0 Å². The van der Waals surface area contributed by atoms with Crippen LogP contribution in [0.2, 0.25) is 0 Å². The minimum Gasteiger partial charge on any atom is -0.396 e. The van der Waals surface area contributed by atoms with E-state index in [9.17, 15) is 13.6 Å². The topological polar surface area (TPSA) is 40.5 Å². The highest BCUT2D eigenvalue weighted by molar-refractivity contribution is 5.80. The molecule has 88 valence electrons. The van der Waals surface area contributed by atoms with Crippen LogP contribution in [0.1, 0.15) is 20.3 Å². The fraction of sp³-hybridized carbons (Fsp3) is 0.900. The van der Waals surface area contributed by atoms with E-state index in [-0.39, 0.29) is 31.3 Å². The van der Waals surface area contributed by atoms with Crippen molar-refractivity contribution in [2.45, 2.75) is 32.2 Å². The fourth-order valence-electron chi connectivity index (χ4n) is 1.80. The minimum atomic E-state index is -2.80. The monoisotopic (exact) mass is 221 g/mol. The SMILES string of the molecule is CC(=O)C(C)N1CCC(F)(F)C(CO)C1. The van der Waals surface area contributed by atoms with Gasteiger partial charge in [-0.2, -0.15) is 0 Å². The number of piperidine rings is 1. The van der Waals surface area contributed by atoms with Crippen molar-refractivity contribution in [1.29, 1.82) is 0 Å². The van der Waals surface area contributed by atoms with Gasteiger partial charge in [0.25, 0.3) is 5.92 Å². The molecular weight excluding hydrogens is 204 g/mol. The lowest BCUT2D eigenvalue weighted by Gasteiger charge is -2.39. The van der Waals surface area contributed by atoms with E-state index in [2.05, 4.69) is 0 Å². The molecule has 0 bridgehead atoms. The first-order valence-electron chi connectivity index (χ1n) is 5.11. The van der Waals surface area contributed by atoms with Crippen LogP contribution < -0.4 is 0 Å². The maximum absolute atomic E-state index is 13.2. The molecule has 1 heterocycles. The van der Waals surface area contributed by atoms with Gasteiger partial charge in [-0.25, -0.2) is 8.78 Å². The second kappa shape index (κ2) is 4.53. The molecule has 1 aliphatic heterocycles. The number of aliphatic hydroxyl groups is 1. The molecule has 1 rings (SSSR count). The Kier molecular flexibility index (Phi) is 3.78. The van der Waals surface area contributed by atoms with Gasteiger partial charge in [-0.3, -0.25) is 9.69 Å². The summed E-state index contributed by atoms with van der Waals surface area (Å²) in [5.74, 6) is -3.88. The van der Waals surface area contributed by atoms with E-state index in [0.717, 1.165) is 0 Å². The van der Waals surface area contributed by atoms with Gasteiger partial charge < -0.3 is 5.11 Å². The molecule has 0 radical (unpaired) electrons. The lowest BCUT2D eigenvalue weighted by Crippen LogP contribution is -2.52. The summed E-state index contributed by atoms with van der Waals surface area (Å²) in [4.78, 5) is 12.8. The number of Topliss-reactive ketones (excluding diaryl/α,β-unsaturated/α-hetero) is 1. The minimum absolute atomic E-state index is 0.0306. The third kappa shape index (κ3) is 2.72. The van der Waals surface area contributed by atoms with Crippen molar-refractivity contribution in [2.75, 3.05) is 19.7 Å². The van der Waals surface area contributed by atoms with Gasteiger partial charge in [0.05, 0.1) is 18.6 Å². The second-order valence-corrected chi connectivity index (χ2v) is 4.17. The molecular formula is C10H17F2NO2. The van der Waals surface area contributed by atoms with Gasteiger partial charge in [0.15, 0.2) is 0 Å². The largest absolute Gasteiger partial charge is 0.396 e. The summed E-state index contributed by atoms with van der Waals surface area (Å²) in [5.41, 5.74) is 0. The molecule has 2 atom stereocenters. The maximum Gasteiger partial charge on any atom is 0.255 e. The van der Waals surface area contributed by atoms with E-state index in [1.165, 1.54) is 6.92 Å². The average Bonchev–Trinajstić information content (AvgIpc) is 2.16. The van der Waals surface area contributed by atoms with Gasteiger partial charge in [0.2, 0.25) is 0 Å². The van der Waals surface area contributed by atoms with Crippen molar-refractivity contribution in [1.82, 2.24) is 4.90 Å². The number of ketones is 1. The molecule has 1 N–H and O–H groups in total. The maximum atomic E-state index is 13.2. The molecule has 3 nitrogen and oxygen atoms in total. The number of hydrogen-bond acceptors (Lipinski definition) is 3. The molecule has 0 aromatic carbocycles. The Bertz CT molecular complexity index is 246. The predicted molar refractivity (Wildman–Crippen MR) is 51.9 cm³/mol. The summed E-state index contributed by atoms with van der Waals surface area (Å²) in [6.45, 7) is 2.92. The Hall–Kier alpha value is -0.550. The third-order valence-corrected chi connectivity index (χ3v) is 3.14. The summed E-state index contributed by atoms with van der Waals surface area (Å²) in [5, 5.41) is 8.87. The highest BCUT2D eigenvalue weighted by Gasteiger charge is 2.44. The zero-order valence-corrected chi connectivity index (χ0v) is 9.04. The van der Waals surface area contributed by atoms with Crippen LogP contribution in [0.4, 0.5) is 8.78 Å². The summed E-state index contributed by atoms with van der Waals surface area (Å²) in [7, 11) is 0. The molecule has 1 saturated heterocycles. The molecule has 0 aromatic rings. The highest BCUT2D eigenvalue weighted by atomic mass is 19.3. The first-order chi connectivity index (χ1) is 6.88. The van der Waals surface area contributed by atoms with Crippen molar-refractivity contribution in [3.8, 4) is 0 Å². The number of halogens is 2. The number of alkyl halides is 2. The van der Waals surface area contributed by atoms with E-state index in [1.54, 1.807) is 11.8 Å². The number of likely N-dealkylation sites (tertiary alicyclic amines) is 1. The normalized spacial score (nSPS) is 28.7. The average molecular weight is 221 g/mol. The first-order valence-corrected chi connectivity index (χ1v) is 5.11. The van der Waals surface area contributed by atoms with Crippen LogP contribution in [0.5, 0.6) is 0 Å². The van der Waals surface area contributed by atoms with E-state index in [1.807, 2.05) is 0 Å². The molecule has 0 aliphatic carbocycles. The molecule has 0 spiro atoms. The molecule has 1 aliphatic rings. The van der Waals surface area contributed by atoms with E-state index >= 15 is 0 Å². The van der Waals surface area contributed by atoms with Crippen molar-refractivity contribution >= 4 is 5.78 Å². The van der Waals surface area contributed by atoms with Crippen molar-refractivity contribution in [2.24, 2.45) is 5.92 Å². The molecule has 5 heteroatoms. The lowest BCUT2D eigenvalue weighted by atomic mass is 9.93. The molecule has 15 heavy (non-hydrogen) atoms. The van der Waals surface area contributed by atoms with Gasteiger partial charge in [-0.1, -0.05) is 0 Å². The highest BCUT2D eigenvalue weighted by Crippen LogP contribution is 2.33. The number of hydrogen-bond donors (Lipinski definition) is 1. The van der Waals surface area contributed by atoms with Crippen LogP contribution in [0.15, 0.2) is 0 Å². The second-order valence-electron chi connectivity index (χ2n) is 4.17. The van der Waals surface area contributed by atoms with Gasteiger partial charge in [-0.05, 0) is 13.8 Å². The Morgan fingerprint density at radius 2 is 2.27 bits per heavy atom. The summed E-state index contributed by atoms with van der Waals surface area (Å²) < 4.78 is 26.5. The number of rotatable bonds is 3. The number of nitrogens with zero attached hydrogens (tertiary/aromatic N) is 1. The first kappa shape index (κ1) is 12.5. The van der Waals surface area contributed by atoms with Crippen LogP contribution in [0, 0.1) is 5.92 Å². The molecule has 0 saturated carbocycles. The predicted octanol–water partition coefficient (Wildman–Crippen LogP) is 0.913. The van der Waals surface area contributed by atoms with Crippen molar-refractivity contribution < 1.29 is 18.7 Å². The molecule has 0 aromatic heterocycles. The van der Waals surface area contributed by atoms with Gasteiger partial charge in [0.1, 0.15) is 5.78 Å². The van der Waals surface area contributed by atoms with Crippen LogP contribution >= 0.6 is 0 Å². The van der Waals surface area contributed by atoms with Crippen LogP contribution in [0.25, 0.3) is 0 Å². The third-order valence-electron chi connectivity index (χ3n) is 3.14. The number of carbonyl (C=O) groups is 1. The quantitative estimate of drug-likeness (QED) is 0.770. The Morgan fingerprint density at radius 3 is 2.73 bits per heavy atom. The van der Waals surface area contributed by atoms with Gasteiger partial charge in [0, 0.05) is 19.5 Å². The number of aliphatic hydroxyl groups excluding tert-OH is 1. The van der Waals surface area contributed by atoms with Crippen LogP contribution in [-0.4, -0.2) is 47.5 Å². The summed E-state index contributed by atoms with van der Waals surface area (Å²) in [6.07, 6.45) is -0.282.